The Labute approximate surface area is 143 Å². The largest absolute Gasteiger partial charge is 0.494 e. The Morgan fingerprint density at radius 3 is 2.80 bits per heavy atom. The summed E-state index contributed by atoms with van der Waals surface area (Å²) in [5, 5.41) is 16.1. The minimum atomic E-state index is -0.430. The average Bonchev–Trinajstić information content (AvgIpc) is 2.97. The zero-order valence-electron chi connectivity index (χ0n) is 13.8. The van der Waals surface area contributed by atoms with E-state index in [2.05, 4.69) is 5.10 Å². The van der Waals surface area contributed by atoms with Crippen LogP contribution in [0.5, 0.6) is 5.75 Å². The van der Waals surface area contributed by atoms with Crippen LogP contribution in [-0.2, 0) is 13.2 Å². The summed E-state index contributed by atoms with van der Waals surface area (Å²) < 4.78 is 20.4. The molecule has 8 heteroatoms. The molecule has 0 unspecified atom stereocenters. The number of halogens is 1. The van der Waals surface area contributed by atoms with E-state index < -0.39 is 10.7 Å². The quantitative estimate of drug-likeness (QED) is 0.507. The molecule has 3 aromatic rings. The number of benzene rings is 2. The van der Waals surface area contributed by atoms with Crippen molar-refractivity contribution in [1.29, 1.82) is 0 Å². The Hall–Kier alpha value is -3.00. The van der Waals surface area contributed by atoms with Gasteiger partial charge in [0.2, 0.25) is 0 Å². The predicted molar refractivity (Wildman–Crippen MR) is 90.8 cm³/mol. The molecule has 0 saturated carbocycles. The van der Waals surface area contributed by atoms with Crippen molar-refractivity contribution in [3.63, 3.8) is 0 Å². The lowest BCUT2D eigenvalue weighted by atomic mass is 10.2. The molecule has 0 aliphatic carbocycles. The van der Waals surface area contributed by atoms with Crippen molar-refractivity contribution in [2.45, 2.75) is 13.2 Å². The summed E-state index contributed by atoms with van der Waals surface area (Å²) >= 11 is 0. The van der Waals surface area contributed by atoms with E-state index in [9.17, 15) is 14.5 Å². The van der Waals surface area contributed by atoms with Crippen molar-refractivity contribution in [3.05, 3.63) is 64.1 Å². The summed E-state index contributed by atoms with van der Waals surface area (Å²) in [5.41, 5.74) is 1.50. The van der Waals surface area contributed by atoms with Crippen LogP contribution in [-0.4, -0.2) is 33.8 Å². The number of fused-ring (bicyclic) bond motifs is 1. The van der Waals surface area contributed by atoms with Crippen LogP contribution < -0.4 is 4.74 Å². The predicted octanol–water partition coefficient (Wildman–Crippen LogP) is 3.18. The Morgan fingerprint density at radius 1 is 1.32 bits per heavy atom. The topological polar surface area (TPSA) is 73.4 Å². The van der Waals surface area contributed by atoms with E-state index in [-0.39, 0.29) is 11.4 Å². The highest BCUT2D eigenvalue weighted by molar-refractivity contribution is 5.80. The summed E-state index contributed by atoms with van der Waals surface area (Å²) in [6.45, 7) is 0.912. The number of non-ortho nitro benzene ring substituents is 1. The lowest BCUT2D eigenvalue weighted by Crippen LogP contribution is -2.22. The van der Waals surface area contributed by atoms with Crippen LogP contribution in [0.15, 0.2) is 42.6 Å². The number of nitrogens with zero attached hydrogens (tertiary/aromatic N) is 4. The molecule has 0 radical (unpaired) electrons. The molecule has 2 aromatic carbocycles. The maximum atomic E-state index is 13.8. The molecular weight excluding hydrogens is 327 g/mol. The van der Waals surface area contributed by atoms with Crippen LogP contribution in [0.2, 0.25) is 0 Å². The molecule has 1 heterocycles. The minimum Gasteiger partial charge on any atom is -0.494 e. The molecule has 0 aliphatic heterocycles. The number of methoxy groups -OCH3 is 1. The molecule has 0 spiro atoms. The first kappa shape index (κ1) is 16.8. The lowest BCUT2D eigenvalue weighted by molar-refractivity contribution is -0.384. The molecule has 0 fully saturated rings. The molecule has 0 aliphatic rings. The summed E-state index contributed by atoms with van der Waals surface area (Å²) in [4.78, 5) is 12.5. The van der Waals surface area contributed by atoms with Gasteiger partial charge in [0.05, 0.1) is 30.4 Å². The third-order valence-electron chi connectivity index (χ3n) is 3.88. The minimum absolute atomic E-state index is 0.0223. The van der Waals surface area contributed by atoms with Crippen LogP contribution in [0.4, 0.5) is 10.1 Å². The molecule has 0 bridgehead atoms. The van der Waals surface area contributed by atoms with Gasteiger partial charge in [0, 0.05) is 24.1 Å². The van der Waals surface area contributed by atoms with Crippen molar-refractivity contribution in [2.24, 2.45) is 0 Å². The van der Waals surface area contributed by atoms with E-state index in [1.807, 2.05) is 11.9 Å². The maximum Gasteiger partial charge on any atom is 0.271 e. The molecule has 0 atom stereocenters. The number of aromatic nitrogens is 2. The first-order chi connectivity index (χ1) is 12.0. The fraction of sp³-hybridized carbons (Fsp3) is 0.235. The van der Waals surface area contributed by atoms with Crippen molar-refractivity contribution >= 4 is 16.6 Å². The smallest absolute Gasteiger partial charge is 0.271 e. The fourth-order valence-electron chi connectivity index (χ4n) is 2.68. The van der Waals surface area contributed by atoms with Gasteiger partial charge in [-0.2, -0.15) is 5.10 Å². The molecule has 0 N–H and O–H groups in total. The van der Waals surface area contributed by atoms with Gasteiger partial charge in [0.1, 0.15) is 0 Å². The normalized spacial score (nSPS) is 11.2. The second kappa shape index (κ2) is 6.86. The molecule has 0 saturated heterocycles. The van der Waals surface area contributed by atoms with Crippen molar-refractivity contribution < 1.29 is 14.1 Å². The third kappa shape index (κ3) is 3.58. The number of nitro benzene ring substituents is 1. The van der Waals surface area contributed by atoms with Gasteiger partial charge in [-0.1, -0.05) is 6.07 Å². The lowest BCUT2D eigenvalue weighted by Gasteiger charge is -2.17. The average molecular weight is 344 g/mol. The monoisotopic (exact) mass is 344 g/mol. The number of hydrogen-bond acceptors (Lipinski definition) is 5. The van der Waals surface area contributed by atoms with Crippen LogP contribution in [0, 0.1) is 15.9 Å². The third-order valence-corrected chi connectivity index (χ3v) is 3.88. The van der Waals surface area contributed by atoms with Gasteiger partial charge >= 0.3 is 0 Å². The van der Waals surface area contributed by atoms with Crippen LogP contribution in [0.25, 0.3) is 10.9 Å². The van der Waals surface area contributed by atoms with Crippen LogP contribution in [0.1, 0.15) is 5.56 Å². The Morgan fingerprint density at radius 2 is 2.12 bits per heavy atom. The van der Waals surface area contributed by atoms with E-state index in [0.29, 0.717) is 18.7 Å². The highest BCUT2D eigenvalue weighted by Crippen LogP contribution is 2.22. The summed E-state index contributed by atoms with van der Waals surface area (Å²) in [7, 11) is 3.29. The van der Waals surface area contributed by atoms with Gasteiger partial charge in [-0.15, -0.1) is 0 Å². The van der Waals surface area contributed by atoms with Gasteiger partial charge < -0.3 is 4.74 Å². The van der Waals surface area contributed by atoms with Gasteiger partial charge in [-0.25, -0.2) is 4.39 Å². The number of ether oxygens (including phenoxy) is 1. The van der Waals surface area contributed by atoms with E-state index in [4.69, 9.17) is 4.74 Å². The molecule has 25 heavy (non-hydrogen) atoms. The van der Waals surface area contributed by atoms with E-state index in [1.165, 1.54) is 25.3 Å². The number of rotatable bonds is 6. The first-order valence-electron chi connectivity index (χ1n) is 7.59. The molecular formula is C17H17FN4O3. The highest BCUT2D eigenvalue weighted by atomic mass is 19.1. The van der Waals surface area contributed by atoms with Gasteiger partial charge in [0.15, 0.2) is 11.6 Å². The fourth-order valence-corrected chi connectivity index (χ4v) is 2.68. The number of hydrogen-bond donors (Lipinski definition) is 0. The van der Waals surface area contributed by atoms with E-state index >= 15 is 0 Å². The van der Waals surface area contributed by atoms with Crippen molar-refractivity contribution in [2.75, 3.05) is 14.2 Å². The molecule has 7 nitrogen and oxygen atoms in total. The first-order valence-corrected chi connectivity index (χ1v) is 7.59. The summed E-state index contributed by atoms with van der Waals surface area (Å²) in [6, 6.07) is 9.45. The Kier molecular flexibility index (Phi) is 4.62. The molecule has 3 rings (SSSR count). The second-order valence-electron chi connectivity index (χ2n) is 5.77. The van der Waals surface area contributed by atoms with Crippen LogP contribution >= 0.6 is 0 Å². The van der Waals surface area contributed by atoms with E-state index in [0.717, 1.165) is 10.9 Å². The molecule has 1 aromatic heterocycles. The van der Waals surface area contributed by atoms with Crippen molar-refractivity contribution in [1.82, 2.24) is 14.7 Å². The second-order valence-corrected chi connectivity index (χ2v) is 5.77. The molecule has 130 valence electrons. The van der Waals surface area contributed by atoms with Crippen molar-refractivity contribution in [3.8, 4) is 5.75 Å². The van der Waals surface area contributed by atoms with Gasteiger partial charge in [0.25, 0.3) is 5.69 Å². The standard InChI is InChI=1S/C17H17FN4O3/c1-20(10-12-3-6-17(25-2)15(18)7-12)11-21-16-8-14(22(23)24)5-4-13(16)9-19-21/h3-9H,10-11H2,1-2H3. The number of nitro groups is 1. The Bertz CT molecular complexity index is 925. The highest BCUT2D eigenvalue weighted by Gasteiger charge is 2.12. The van der Waals surface area contributed by atoms with Gasteiger partial charge in [-0.3, -0.25) is 19.7 Å². The zero-order valence-corrected chi connectivity index (χ0v) is 13.8. The maximum absolute atomic E-state index is 13.8. The zero-order chi connectivity index (χ0) is 18.0. The van der Waals surface area contributed by atoms with Crippen LogP contribution in [0.3, 0.4) is 0 Å². The Balaban J connectivity index is 1.77. The summed E-state index contributed by atoms with van der Waals surface area (Å²) in [5.74, 6) is -0.203. The summed E-state index contributed by atoms with van der Waals surface area (Å²) in [6.07, 6.45) is 1.67. The van der Waals surface area contributed by atoms with E-state index in [1.54, 1.807) is 29.1 Å². The van der Waals surface area contributed by atoms with Gasteiger partial charge in [-0.05, 0) is 30.8 Å². The molecule has 0 amide bonds. The SMILES string of the molecule is COc1ccc(CN(C)Cn2ncc3ccc([N+](=O)[O-])cc32)cc1F.